The molecule has 4 N–H and O–H groups in total. The Bertz CT molecular complexity index is 979. The van der Waals surface area contributed by atoms with Crippen LogP contribution in [0.1, 0.15) is 24.0 Å². The van der Waals surface area contributed by atoms with E-state index in [0.717, 1.165) is 24.2 Å². The minimum atomic E-state index is -0.892. The second-order valence-electron chi connectivity index (χ2n) is 8.57. The number of ether oxygens (including phenoxy) is 1. The third-order valence-corrected chi connectivity index (χ3v) is 6.55. The van der Waals surface area contributed by atoms with Crippen LogP contribution in [0.15, 0.2) is 42.7 Å². The molecule has 0 amide bonds. The van der Waals surface area contributed by atoms with Gasteiger partial charge in [0.15, 0.2) is 18.4 Å². The van der Waals surface area contributed by atoms with Crippen molar-refractivity contribution in [2.24, 2.45) is 18.2 Å². The lowest BCUT2D eigenvalue weighted by Gasteiger charge is -2.39. The molecule has 0 saturated carbocycles. The summed E-state index contributed by atoms with van der Waals surface area (Å²) in [7, 11) is 1.98. The number of piperidine rings is 1. The van der Waals surface area contributed by atoms with E-state index in [9.17, 15) is 9.90 Å². The van der Waals surface area contributed by atoms with Crippen LogP contribution in [-0.2, 0) is 24.8 Å². The quantitative estimate of drug-likeness (QED) is 0.277. The van der Waals surface area contributed by atoms with Crippen molar-refractivity contribution >= 4 is 30.0 Å². The molecular weight excluding hydrogens is 465 g/mol. The molecule has 0 radical (unpaired) electrons. The number of halogens is 2. The number of pyridine rings is 1. The molecule has 180 valence electrons. The molecule has 1 aromatic carbocycles. The topological polar surface area (TPSA) is 107 Å². The van der Waals surface area contributed by atoms with Gasteiger partial charge in [0.1, 0.15) is 24.8 Å². The average molecular weight is 496 g/mol. The highest BCUT2D eigenvalue weighted by molar-refractivity contribution is 5.85. The van der Waals surface area contributed by atoms with E-state index in [1.807, 2.05) is 47.1 Å². The zero-order valence-electron chi connectivity index (χ0n) is 18.7. The Balaban J connectivity index is 0.00000193. The minimum absolute atomic E-state index is 0. The predicted molar refractivity (Wildman–Crippen MR) is 124 cm³/mol. The number of nitrogens with zero attached hydrogens (tertiary/aromatic N) is 3. The first kappa shape index (κ1) is 26.5. The highest BCUT2D eigenvalue weighted by Crippen LogP contribution is 2.35. The number of nitrogens with two attached hydrogens (primary N) is 1. The summed E-state index contributed by atoms with van der Waals surface area (Å²) in [4.78, 5) is 16.2. The smallest absolute Gasteiger partial charge is 0.313 e. The Morgan fingerprint density at radius 1 is 1.18 bits per heavy atom. The number of nitrogens with one attached hydrogen (secondary N) is 1. The van der Waals surface area contributed by atoms with Gasteiger partial charge in [0.05, 0.1) is 0 Å². The van der Waals surface area contributed by atoms with Crippen molar-refractivity contribution in [1.29, 1.82) is 5.41 Å². The first-order valence-electron chi connectivity index (χ1n) is 10.6. The molecule has 8 nitrogen and oxygen atoms in total. The van der Waals surface area contributed by atoms with E-state index in [1.165, 1.54) is 5.56 Å². The summed E-state index contributed by atoms with van der Waals surface area (Å²) in [5.41, 5.74) is 8.16. The predicted octanol–water partition coefficient (Wildman–Crippen LogP) is -1.06. The van der Waals surface area contributed by atoms with Gasteiger partial charge in [-0.1, -0.05) is 6.07 Å². The summed E-state index contributed by atoms with van der Waals surface area (Å²) in [6, 6.07) is 10.0. The highest BCUT2D eigenvalue weighted by atomic mass is 35.5. The van der Waals surface area contributed by atoms with Crippen LogP contribution in [-0.4, -0.2) is 48.2 Å². The van der Waals surface area contributed by atoms with Crippen LogP contribution in [0.4, 0.5) is 5.69 Å². The number of carbonyl (C=O) groups is 1. The number of carboxylic acids is 1. The van der Waals surface area contributed by atoms with E-state index in [4.69, 9.17) is 15.9 Å². The van der Waals surface area contributed by atoms with Crippen LogP contribution in [0.25, 0.3) is 0 Å². The molecule has 10 heteroatoms. The Hall–Kier alpha value is -2.71. The number of benzene rings is 1. The lowest BCUT2D eigenvalue weighted by molar-refractivity contribution is -0.671. The van der Waals surface area contributed by atoms with Crippen LogP contribution in [0, 0.1) is 10.8 Å². The van der Waals surface area contributed by atoms with E-state index in [-0.39, 0.29) is 37.4 Å². The summed E-state index contributed by atoms with van der Waals surface area (Å²) < 4.78 is 8.01. The maximum absolute atomic E-state index is 12.2. The largest absolute Gasteiger partial charge is 1.00 e. The van der Waals surface area contributed by atoms with Gasteiger partial charge in [0.2, 0.25) is 0 Å². The Morgan fingerprint density at radius 3 is 2.45 bits per heavy atom. The number of carboxylic acid groups (broad SMARTS) is 1. The van der Waals surface area contributed by atoms with Crippen LogP contribution < -0.4 is 32.3 Å². The van der Waals surface area contributed by atoms with Crippen LogP contribution in [0.2, 0.25) is 0 Å². The molecule has 0 atom stereocenters. The molecule has 2 aliphatic heterocycles. The lowest BCUT2D eigenvalue weighted by atomic mass is 9.79. The van der Waals surface area contributed by atoms with E-state index in [0.29, 0.717) is 38.2 Å². The first-order valence-corrected chi connectivity index (χ1v) is 10.6. The summed E-state index contributed by atoms with van der Waals surface area (Å²) in [5, 5.41) is 17.7. The van der Waals surface area contributed by atoms with Gasteiger partial charge in [-0.2, -0.15) is 0 Å². The van der Waals surface area contributed by atoms with Crippen molar-refractivity contribution < 1.29 is 31.6 Å². The monoisotopic (exact) mass is 495 g/mol. The molecule has 4 rings (SSSR count). The van der Waals surface area contributed by atoms with Gasteiger partial charge >= 0.3 is 5.97 Å². The van der Waals surface area contributed by atoms with Crippen molar-refractivity contribution in [3.05, 3.63) is 53.9 Å². The molecular formula is C23H31Cl2N5O3. The van der Waals surface area contributed by atoms with E-state index >= 15 is 0 Å². The highest BCUT2D eigenvalue weighted by Gasteiger charge is 2.42. The number of guanidine groups is 1. The molecule has 2 aliphatic rings. The van der Waals surface area contributed by atoms with Gasteiger partial charge in [-0.25, -0.2) is 4.57 Å². The van der Waals surface area contributed by atoms with Gasteiger partial charge in [-0.15, -0.1) is 12.4 Å². The maximum atomic E-state index is 12.2. The number of hydrogen-bond donors (Lipinski definition) is 3. The van der Waals surface area contributed by atoms with Crippen LogP contribution in [0.5, 0.6) is 5.75 Å². The molecule has 0 spiro atoms. The number of hydrogen-bond acceptors (Lipinski definition) is 4. The SMILES string of the molecule is C[n+]1ccc(N2CCC(COc3ccc4c(c3)CN(C(=N)N)CC4)(C(=O)O)CC2)cc1.Cl.[Cl-]. The number of fused-ring (bicyclic) bond motifs is 1. The average Bonchev–Trinajstić information content (AvgIpc) is 2.78. The maximum Gasteiger partial charge on any atom is 0.313 e. The minimum Gasteiger partial charge on any atom is -1.00 e. The molecule has 3 heterocycles. The fraction of sp³-hybridized carbons (Fsp3) is 0.435. The number of aryl methyl sites for hydroxylation is 1. The van der Waals surface area contributed by atoms with Crippen LogP contribution >= 0.6 is 12.4 Å². The van der Waals surface area contributed by atoms with E-state index in [2.05, 4.69) is 17.0 Å². The number of anilines is 1. The van der Waals surface area contributed by atoms with Crippen molar-refractivity contribution in [3.63, 3.8) is 0 Å². The second-order valence-corrected chi connectivity index (χ2v) is 8.57. The fourth-order valence-electron chi connectivity index (χ4n) is 4.37. The standard InChI is InChI=1S/C23H29N5O3.2ClH/c1-26-9-5-19(6-10-26)27-12-7-23(8-13-27,21(29)30)16-31-20-3-2-17-4-11-28(22(24)25)15-18(17)14-20;;/h2-3,5-6,9-10,14H,4,7-8,11-13,15-16H2,1H3,(H3-,24,25,29,30);2*1H. The molecule has 0 unspecified atom stereocenters. The molecule has 1 saturated heterocycles. The number of aliphatic carboxylic acids is 1. The third kappa shape index (κ3) is 5.81. The van der Waals surface area contributed by atoms with Crippen molar-refractivity contribution in [1.82, 2.24) is 4.90 Å². The Kier molecular flexibility index (Phi) is 8.80. The molecule has 1 fully saturated rings. The molecule has 1 aromatic heterocycles. The number of aromatic nitrogens is 1. The van der Waals surface area contributed by atoms with Gasteiger partial charge in [0, 0.05) is 44.0 Å². The van der Waals surface area contributed by atoms with Gasteiger partial charge in [-0.3, -0.25) is 10.2 Å². The van der Waals surface area contributed by atoms with Crippen LogP contribution in [0.3, 0.4) is 0 Å². The summed E-state index contributed by atoms with van der Waals surface area (Å²) in [5.74, 6) is -0.0594. The summed E-state index contributed by atoms with van der Waals surface area (Å²) in [6.07, 6.45) is 5.90. The van der Waals surface area contributed by atoms with Gasteiger partial charge in [-0.05, 0) is 42.5 Å². The zero-order valence-corrected chi connectivity index (χ0v) is 20.2. The number of rotatable bonds is 5. The molecule has 0 bridgehead atoms. The fourth-order valence-corrected chi connectivity index (χ4v) is 4.37. The lowest BCUT2D eigenvalue weighted by Crippen LogP contribution is -3.00. The van der Waals surface area contributed by atoms with Crippen molar-refractivity contribution in [3.8, 4) is 5.75 Å². The van der Waals surface area contributed by atoms with Gasteiger partial charge in [0.25, 0.3) is 0 Å². The zero-order chi connectivity index (χ0) is 22.0. The molecule has 0 aliphatic carbocycles. The normalized spacial score (nSPS) is 16.6. The Morgan fingerprint density at radius 2 is 1.85 bits per heavy atom. The first-order chi connectivity index (χ1) is 14.9. The van der Waals surface area contributed by atoms with Crippen molar-refractivity contribution in [2.45, 2.75) is 25.8 Å². The van der Waals surface area contributed by atoms with E-state index < -0.39 is 11.4 Å². The summed E-state index contributed by atoms with van der Waals surface area (Å²) >= 11 is 0. The summed E-state index contributed by atoms with van der Waals surface area (Å²) in [6.45, 7) is 2.83. The Labute approximate surface area is 206 Å². The second kappa shape index (κ2) is 10.9. The molecule has 33 heavy (non-hydrogen) atoms. The molecule has 2 aromatic rings. The van der Waals surface area contributed by atoms with E-state index in [1.54, 1.807) is 0 Å². The third-order valence-electron chi connectivity index (χ3n) is 6.55. The van der Waals surface area contributed by atoms with Gasteiger partial charge < -0.3 is 37.8 Å². The van der Waals surface area contributed by atoms with Crippen molar-refractivity contribution in [2.75, 3.05) is 31.1 Å².